The second-order valence-corrected chi connectivity index (χ2v) is 7.88. The molecular formula is C23H29NO7. The summed E-state index contributed by atoms with van der Waals surface area (Å²) in [4.78, 5) is 25.9. The highest BCUT2D eigenvalue weighted by molar-refractivity contribution is 5.96. The first-order chi connectivity index (χ1) is 14.9. The fourth-order valence-electron chi connectivity index (χ4n) is 3.54. The number of carbonyl (C=O) groups is 2. The molecule has 1 aromatic heterocycles. The minimum absolute atomic E-state index is 0.0395. The molecule has 1 unspecified atom stereocenters. The lowest BCUT2D eigenvalue weighted by atomic mass is 9.99. The van der Waals surface area contributed by atoms with Crippen LogP contribution in [0.3, 0.4) is 0 Å². The van der Waals surface area contributed by atoms with Gasteiger partial charge < -0.3 is 29.0 Å². The van der Waals surface area contributed by atoms with Crippen LogP contribution in [-0.4, -0.2) is 48.0 Å². The number of hydrogen-bond donors (Lipinski definition) is 2. The Hall–Kier alpha value is -2.68. The molecule has 0 bridgehead atoms. The number of anilines is 1. The molecule has 1 aliphatic heterocycles. The Morgan fingerprint density at radius 2 is 1.97 bits per heavy atom. The van der Waals surface area contributed by atoms with Gasteiger partial charge in [0, 0.05) is 12.1 Å². The average Bonchev–Trinajstić information content (AvgIpc) is 3.38. The summed E-state index contributed by atoms with van der Waals surface area (Å²) in [7, 11) is 0. The maximum Gasteiger partial charge on any atom is 0.374 e. The summed E-state index contributed by atoms with van der Waals surface area (Å²) < 4.78 is 16.0. The molecule has 8 heteroatoms. The Morgan fingerprint density at radius 3 is 2.65 bits per heavy atom. The SMILES string of the molecule is CC(C)C(O)c1ccc(N2C(=O)CC[C@H]2COCc2ccc(C(=O)OCCO)o2)cc1. The van der Waals surface area contributed by atoms with E-state index in [0.717, 1.165) is 11.3 Å². The van der Waals surface area contributed by atoms with Crippen molar-refractivity contribution >= 4 is 17.6 Å². The summed E-state index contributed by atoms with van der Waals surface area (Å²) in [5.74, 6) is 0.0304. The van der Waals surface area contributed by atoms with Gasteiger partial charge in [-0.2, -0.15) is 0 Å². The molecule has 0 saturated carbocycles. The van der Waals surface area contributed by atoms with E-state index in [4.69, 9.17) is 19.0 Å². The van der Waals surface area contributed by atoms with Crippen LogP contribution in [0.2, 0.25) is 0 Å². The zero-order chi connectivity index (χ0) is 22.4. The minimum Gasteiger partial charge on any atom is -0.457 e. The number of aliphatic hydroxyl groups excluding tert-OH is 2. The van der Waals surface area contributed by atoms with Crippen molar-refractivity contribution in [3.63, 3.8) is 0 Å². The van der Waals surface area contributed by atoms with Gasteiger partial charge in [0.15, 0.2) is 0 Å². The molecule has 1 aromatic carbocycles. The molecule has 0 radical (unpaired) electrons. The molecular weight excluding hydrogens is 402 g/mol. The van der Waals surface area contributed by atoms with Crippen molar-refractivity contribution < 1.29 is 33.7 Å². The Morgan fingerprint density at radius 1 is 1.23 bits per heavy atom. The van der Waals surface area contributed by atoms with Crippen LogP contribution < -0.4 is 4.90 Å². The van der Waals surface area contributed by atoms with E-state index in [1.165, 1.54) is 6.07 Å². The standard InChI is InChI=1S/C23H29NO7/c1-15(2)22(27)16-3-5-17(6-4-16)24-18(7-10-21(24)26)13-29-14-19-8-9-20(31-19)23(28)30-12-11-25/h3-6,8-9,15,18,22,25,27H,7,10-14H2,1-2H3/t18-,22?/m0/s1. The van der Waals surface area contributed by atoms with Crippen molar-refractivity contribution in [2.45, 2.75) is 45.4 Å². The van der Waals surface area contributed by atoms with E-state index in [1.54, 1.807) is 11.0 Å². The van der Waals surface area contributed by atoms with E-state index in [-0.39, 0.29) is 43.4 Å². The predicted molar refractivity (Wildman–Crippen MR) is 112 cm³/mol. The fraction of sp³-hybridized carbons (Fsp3) is 0.478. The number of rotatable bonds is 10. The smallest absolute Gasteiger partial charge is 0.374 e. The Kier molecular flexibility index (Phi) is 7.84. The topological polar surface area (TPSA) is 109 Å². The molecule has 3 rings (SSSR count). The van der Waals surface area contributed by atoms with Crippen molar-refractivity contribution in [2.24, 2.45) is 5.92 Å². The van der Waals surface area contributed by atoms with Gasteiger partial charge in [-0.3, -0.25) is 4.79 Å². The van der Waals surface area contributed by atoms with Gasteiger partial charge in [0.1, 0.15) is 19.0 Å². The van der Waals surface area contributed by atoms with Crippen LogP contribution in [0.15, 0.2) is 40.8 Å². The normalized spacial score (nSPS) is 17.4. The lowest BCUT2D eigenvalue weighted by Crippen LogP contribution is -2.36. The molecule has 1 aliphatic rings. The van der Waals surface area contributed by atoms with Crippen LogP contribution in [0.5, 0.6) is 0 Å². The van der Waals surface area contributed by atoms with Crippen LogP contribution in [0.4, 0.5) is 5.69 Å². The fourth-order valence-corrected chi connectivity index (χ4v) is 3.54. The van der Waals surface area contributed by atoms with Crippen molar-refractivity contribution in [2.75, 3.05) is 24.7 Å². The first-order valence-corrected chi connectivity index (χ1v) is 10.4. The van der Waals surface area contributed by atoms with Crippen molar-refractivity contribution in [1.82, 2.24) is 0 Å². The van der Waals surface area contributed by atoms with Crippen LogP contribution in [0.1, 0.15) is 54.7 Å². The van der Waals surface area contributed by atoms with E-state index in [9.17, 15) is 14.7 Å². The zero-order valence-electron chi connectivity index (χ0n) is 17.8. The number of hydrogen-bond acceptors (Lipinski definition) is 7. The summed E-state index contributed by atoms with van der Waals surface area (Å²) in [6.45, 7) is 4.05. The summed E-state index contributed by atoms with van der Waals surface area (Å²) >= 11 is 0. The summed E-state index contributed by atoms with van der Waals surface area (Å²) in [6, 6.07) is 10.4. The quantitative estimate of drug-likeness (QED) is 0.557. The second-order valence-electron chi connectivity index (χ2n) is 7.88. The minimum atomic E-state index is -0.640. The number of nitrogens with zero attached hydrogens (tertiary/aromatic N) is 1. The number of furan rings is 1. The van der Waals surface area contributed by atoms with Gasteiger partial charge >= 0.3 is 5.97 Å². The molecule has 1 fully saturated rings. The highest BCUT2D eigenvalue weighted by Crippen LogP contribution is 2.29. The second kappa shape index (κ2) is 10.6. The lowest BCUT2D eigenvalue weighted by Gasteiger charge is -2.25. The Labute approximate surface area is 181 Å². The lowest BCUT2D eigenvalue weighted by molar-refractivity contribution is -0.117. The van der Waals surface area contributed by atoms with Crippen LogP contribution >= 0.6 is 0 Å². The largest absolute Gasteiger partial charge is 0.457 e. The van der Waals surface area contributed by atoms with E-state index in [1.807, 2.05) is 38.1 Å². The first kappa shape index (κ1) is 23.0. The summed E-state index contributed by atoms with van der Waals surface area (Å²) in [5.41, 5.74) is 1.60. The highest BCUT2D eigenvalue weighted by atomic mass is 16.6. The molecule has 1 amide bonds. The number of ether oxygens (including phenoxy) is 2. The molecule has 2 atom stereocenters. The number of benzene rings is 1. The van der Waals surface area contributed by atoms with Gasteiger partial charge in [-0.25, -0.2) is 4.79 Å². The molecule has 168 valence electrons. The molecule has 1 saturated heterocycles. The molecule has 0 spiro atoms. The third-order valence-electron chi connectivity index (χ3n) is 5.21. The Balaban J connectivity index is 1.56. The van der Waals surface area contributed by atoms with E-state index in [0.29, 0.717) is 25.2 Å². The molecule has 0 aliphatic carbocycles. The van der Waals surface area contributed by atoms with Crippen molar-refractivity contribution in [3.8, 4) is 0 Å². The van der Waals surface area contributed by atoms with E-state index in [2.05, 4.69) is 0 Å². The average molecular weight is 431 g/mol. The molecule has 2 aromatic rings. The molecule has 2 N–H and O–H groups in total. The number of aliphatic hydroxyl groups is 2. The maximum absolute atomic E-state index is 12.4. The third-order valence-corrected chi connectivity index (χ3v) is 5.21. The first-order valence-electron chi connectivity index (χ1n) is 10.4. The van der Waals surface area contributed by atoms with E-state index >= 15 is 0 Å². The number of carbonyl (C=O) groups excluding carboxylic acids is 2. The van der Waals surface area contributed by atoms with Gasteiger partial charge in [0.2, 0.25) is 11.7 Å². The van der Waals surface area contributed by atoms with Crippen LogP contribution in [-0.2, 0) is 20.9 Å². The third kappa shape index (κ3) is 5.72. The van der Waals surface area contributed by atoms with Crippen molar-refractivity contribution in [3.05, 3.63) is 53.5 Å². The maximum atomic E-state index is 12.4. The number of esters is 1. The summed E-state index contributed by atoms with van der Waals surface area (Å²) in [6.07, 6.45) is 0.597. The van der Waals surface area contributed by atoms with Crippen LogP contribution in [0, 0.1) is 5.92 Å². The van der Waals surface area contributed by atoms with Crippen molar-refractivity contribution in [1.29, 1.82) is 0 Å². The van der Waals surface area contributed by atoms with Gasteiger partial charge in [0.05, 0.1) is 25.4 Å². The van der Waals surface area contributed by atoms with Gasteiger partial charge in [-0.15, -0.1) is 0 Å². The monoisotopic (exact) mass is 431 g/mol. The zero-order valence-corrected chi connectivity index (χ0v) is 17.8. The Bertz CT molecular complexity index is 874. The summed E-state index contributed by atoms with van der Waals surface area (Å²) in [5, 5.41) is 18.9. The van der Waals surface area contributed by atoms with Gasteiger partial charge in [-0.1, -0.05) is 26.0 Å². The molecule has 2 heterocycles. The van der Waals surface area contributed by atoms with Crippen LogP contribution in [0.25, 0.3) is 0 Å². The molecule has 8 nitrogen and oxygen atoms in total. The predicted octanol–water partition coefficient (Wildman–Crippen LogP) is 2.83. The molecule has 31 heavy (non-hydrogen) atoms. The van der Waals surface area contributed by atoms with E-state index < -0.39 is 12.1 Å². The van der Waals surface area contributed by atoms with Gasteiger partial charge in [-0.05, 0) is 42.2 Å². The number of amides is 1. The highest BCUT2D eigenvalue weighted by Gasteiger charge is 2.32. The van der Waals surface area contributed by atoms with Gasteiger partial charge in [0.25, 0.3) is 0 Å².